The van der Waals surface area contributed by atoms with Gasteiger partial charge in [-0.25, -0.2) is 4.98 Å². The number of benzene rings is 1. The minimum Gasteiger partial charge on any atom is -0.499 e. The number of carbonyl (C=O) groups is 1. The summed E-state index contributed by atoms with van der Waals surface area (Å²) in [5.41, 5.74) is 2.85. The normalized spacial score (nSPS) is 21.3. The van der Waals surface area contributed by atoms with E-state index < -0.39 is 0 Å². The summed E-state index contributed by atoms with van der Waals surface area (Å²) in [7, 11) is 0. The Balaban J connectivity index is 1.44. The van der Waals surface area contributed by atoms with Gasteiger partial charge < -0.3 is 20.7 Å². The average Bonchev–Trinajstić information content (AvgIpc) is 2.80. The lowest BCUT2D eigenvalue weighted by molar-refractivity contribution is -0.120. The monoisotopic (exact) mass is 440 g/mol. The molecule has 0 unspecified atom stereocenters. The Labute approximate surface area is 188 Å². The molecule has 3 N–H and O–H groups in total. The highest BCUT2D eigenvalue weighted by molar-refractivity contribution is 6.33. The van der Waals surface area contributed by atoms with Gasteiger partial charge in [0.05, 0.1) is 23.3 Å². The molecule has 1 amide bonds. The molecule has 0 aliphatic carbocycles. The molecule has 7 heteroatoms. The quantitative estimate of drug-likeness (QED) is 0.607. The second kappa shape index (κ2) is 10.2. The largest absolute Gasteiger partial charge is 0.499 e. The number of hydrogen-bond acceptors (Lipinski definition) is 5. The fourth-order valence-electron chi connectivity index (χ4n) is 4.12. The highest BCUT2D eigenvalue weighted by Crippen LogP contribution is 2.31. The van der Waals surface area contributed by atoms with Crippen molar-refractivity contribution >= 4 is 29.0 Å². The number of nitrogens with zero attached hydrogens (tertiary/aromatic N) is 1. The van der Waals surface area contributed by atoms with E-state index in [2.05, 4.69) is 33.6 Å². The molecule has 164 valence electrons. The Kier molecular flexibility index (Phi) is 7.10. The van der Waals surface area contributed by atoms with Crippen LogP contribution in [0.15, 0.2) is 48.9 Å². The van der Waals surface area contributed by atoms with Crippen LogP contribution in [0, 0.1) is 11.8 Å². The lowest BCUT2D eigenvalue weighted by atomic mass is 9.98. The summed E-state index contributed by atoms with van der Waals surface area (Å²) in [5.74, 6) is 1.89. The predicted molar refractivity (Wildman–Crippen MR) is 125 cm³/mol. The van der Waals surface area contributed by atoms with E-state index in [9.17, 15) is 4.79 Å². The van der Waals surface area contributed by atoms with E-state index in [1.165, 1.54) is 0 Å². The lowest BCUT2D eigenvalue weighted by Gasteiger charge is -2.25. The van der Waals surface area contributed by atoms with Crippen molar-refractivity contribution < 1.29 is 9.53 Å². The van der Waals surface area contributed by atoms with Gasteiger partial charge in [0.1, 0.15) is 5.82 Å². The Hall–Kier alpha value is -2.57. The van der Waals surface area contributed by atoms with E-state index in [0.717, 1.165) is 68.0 Å². The highest BCUT2D eigenvalue weighted by Gasteiger charge is 2.21. The maximum absolute atomic E-state index is 12.6. The molecule has 4 rings (SSSR count). The molecule has 3 heterocycles. The van der Waals surface area contributed by atoms with Gasteiger partial charge in [0.25, 0.3) is 0 Å². The molecule has 2 aliphatic rings. The van der Waals surface area contributed by atoms with Gasteiger partial charge in [0.2, 0.25) is 5.91 Å². The molecule has 1 aromatic carbocycles. The number of piperidine rings is 1. The summed E-state index contributed by atoms with van der Waals surface area (Å²) in [5, 5.41) is 10.3. The zero-order valence-electron chi connectivity index (χ0n) is 17.6. The van der Waals surface area contributed by atoms with Gasteiger partial charge in [-0.1, -0.05) is 30.3 Å². The topological polar surface area (TPSA) is 75.3 Å². The molecule has 2 saturated heterocycles. The van der Waals surface area contributed by atoms with Crippen molar-refractivity contribution in [2.24, 2.45) is 11.8 Å². The molecule has 0 saturated carbocycles. The minimum absolute atomic E-state index is 0.00133. The summed E-state index contributed by atoms with van der Waals surface area (Å²) in [4.78, 5) is 16.9. The molecule has 0 bridgehead atoms. The number of rotatable bonds is 6. The van der Waals surface area contributed by atoms with Crippen LogP contribution >= 0.6 is 11.6 Å². The first-order valence-corrected chi connectivity index (χ1v) is 11.3. The fourth-order valence-corrected chi connectivity index (χ4v) is 4.33. The number of allylic oxidation sites excluding steroid dienone is 1. The van der Waals surface area contributed by atoms with E-state index >= 15 is 0 Å². The second-order valence-corrected chi connectivity index (χ2v) is 8.70. The molecule has 6 nitrogen and oxygen atoms in total. The smallest absolute Gasteiger partial charge is 0.229 e. The lowest BCUT2D eigenvalue weighted by Crippen LogP contribution is -2.37. The third kappa shape index (κ3) is 5.77. The van der Waals surface area contributed by atoms with E-state index in [1.54, 1.807) is 6.20 Å². The van der Waals surface area contributed by atoms with Crippen LogP contribution in [0.1, 0.15) is 25.7 Å². The number of amides is 1. The summed E-state index contributed by atoms with van der Waals surface area (Å²) in [6, 6.07) is 9.98. The van der Waals surface area contributed by atoms with Gasteiger partial charge >= 0.3 is 0 Å². The summed E-state index contributed by atoms with van der Waals surface area (Å²) in [6.07, 6.45) is 5.43. The van der Waals surface area contributed by atoms with Crippen LogP contribution in [0.5, 0.6) is 0 Å². The van der Waals surface area contributed by atoms with Crippen molar-refractivity contribution in [3.05, 3.63) is 53.9 Å². The molecule has 2 aliphatic heterocycles. The fraction of sp³-hybridized carbons (Fsp3) is 0.417. The van der Waals surface area contributed by atoms with Crippen molar-refractivity contribution in [1.82, 2.24) is 10.3 Å². The number of hydrogen-bond donors (Lipinski definition) is 3. The number of pyridine rings is 1. The second-order valence-electron chi connectivity index (χ2n) is 8.29. The van der Waals surface area contributed by atoms with Crippen molar-refractivity contribution in [3.63, 3.8) is 0 Å². The minimum atomic E-state index is -0.0246. The first-order valence-electron chi connectivity index (χ1n) is 10.9. The zero-order valence-corrected chi connectivity index (χ0v) is 18.4. The first-order chi connectivity index (χ1) is 15.1. The summed E-state index contributed by atoms with van der Waals surface area (Å²) < 4.78 is 5.45. The van der Waals surface area contributed by atoms with Crippen molar-refractivity contribution in [1.29, 1.82) is 0 Å². The van der Waals surface area contributed by atoms with Gasteiger partial charge in [-0.05, 0) is 55.5 Å². The van der Waals surface area contributed by atoms with Gasteiger partial charge in [0.15, 0.2) is 0 Å². The average molecular weight is 441 g/mol. The van der Waals surface area contributed by atoms with E-state index in [-0.39, 0.29) is 11.8 Å². The molecular formula is C24H29ClN4O2. The van der Waals surface area contributed by atoms with Gasteiger partial charge in [-0.2, -0.15) is 0 Å². The first kappa shape index (κ1) is 21.7. The van der Waals surface area contributed by atoms with Crippen molar-refractivity contribution in [2.45, 2.75) is 25.7 Å². The number of ether oxygens (including phenoxy) is 1. The number of carbonyl (C=O) groups excluding carboxylic acids is 1. The zero-order chi connectivity index (χ0) is 21.6. The van der Waals surface area contributed by atoms with E-state index in [0.29, 0.717) is 23.3 Å². The molecular weight excluding hydrogens is 412 g/mol. The van der Waals surface area contributed by atoms with Crippen LogP contribution in [0.25, 0.3) is 11.1 Å². The van der Waals surface area contributed by atoms with E-state index in [4.69, 9.17) is 16.3 Å². The van der Waals surface area contributed by atoms with Gasteiger partial charge in [-0.15, -0.1) is 0 Å². The summed E-state index contributed by atoms with van der Waals surface area (Å²) >= 11 is 6.45. The summed E-state index contributed by atoms with van der Waals surface area (Å²) in [6.45, 7) is 7.23. The third-order valence-electron chi connectivity index (χ3n) is 5.89. The van der Waals surface area contributed by atoms with Crippen LogP contribution in [0.2, 0.25) is 5.02 Å². The molecule has 31 heavy (non-hydrogen) atoms. The van der Waals surface area contributed by atoms with Crippen LogP contribution < -0.4 is 16.0 Å². The standard InChI is InChI=1S/C24H29ClN4O2/c1-16-10-17(7-9-31-16)13-27-20-6-2-4-18(11-20)21-12-23(28-15-22(21)25)29-24(30)19-5-3-8-26-14-19/h2,4,6,11-12,15,17,19,26-27H,1,3,5,7-10,13-14H2,(H,28,29,30)/t17-,19-/m1/s1. The molecule has 2 aromatic rings. The predicted octanol–water partition coefficient (Wildman–Crippen LogP) is 4.69. The van der Waals surface area contributed by atoms with Gasteiger partial charge in [-0.3, -0.25) is 4.79 Å². The number of halogens is 1. The SMILES string of the molecule is C=C1C[C@H](CNc2cccc(-c3cc(NC(=O)[C@@H]4CCCNC4)ncc3Cl)c2)CCO1. The Bertz CT molecular complexity index is 943. The highest BCUT2D eigenvalue weighted by atomic mass is 35.5. The van der Waals surface area contributed by atoms with Crippen LogP contribution in [0.4, 0.5) is 11.5 Å². The van der Waals surface area contributed by atoms with Gasteiger partial charge in [0, 0.05) is 37.0 Å². The van der Waals surface area contributed by atoms with Crippen molar-refractivity contribution in [3.8, 4) is 11.1 Å². The molecule has 2 atom stereocenters. The third-order valence-corrected chi connectivity index (χ3v) is 6.19. The van der Waals surface area contributed by atoms with Crippen LogP contribution in [-0.2, 0) is 9.53 Å². The maximum Gasteiger partial charge on any atom is 0.229 e. The number of anilines is 2. The maximum atomic E-state index is 12.6. The molecule has 1 aromatic heterocycles. The Morgan fingerprint density at radius 2 is 2.23 bits per heavy atom. The Morgan fingerprint density at radius 1 is 1.32 bits per heavy atom. The number of aromatic nitrogens is 1. The number of nitrogens with one attached hydrogen (secondary N) is 3. The van der Waals surface area contributed by atoms with Crippen LogP contribution in [-0.4, -0.2) is 37.1 Å². The molecule has 0 spiro atoms. The van der Waals surface area contributed by atoms with Crippen molar-refractivity contribution in [2.75, 3.05) is 36.9 Å². The van der Waals surface area contributed by atoms with E-state index in [1.807, 2.05) is 24.3 Å². The van der Waals surface area contributed by atoms with Crippen LogP contribution in [0.3, 0.4) is 0 Å². The molecule has 0 radical (unpaired) electrons. The Morgan fingerprint density at radius 3 is 3.03 bits per heavy atom. The molecule has 2 fully saturated rings.